The Morgan fingerprint density at radius 2 is 1.35 bits per heavy atom. The van der Waals surface area contributed by atoms with Gasteiger partial charge in [-0.1, -0.05) is 36.4 Å². The first-order valence-corrected chi connectivity index (χ1v) is 8.55. The van der Waals surface area contributed by atoms with Gasteiger partial charge in [-0.25, -0.2) is 22.0 Å². The fourth-order valence-corrected chi connectivity index (χ4v) is 3.39. The lowest BCUT2D eigenvalue weighted by Gasteiger charge is -2.08. The Bertz CT molecular complexity index is 974. The van der Waals surface area contributed by atoms with Crippen LogP contribution in [0.1, 0.15) is 16.8 Å². The van der Waals surface area contributed by atoms with Gasteiger partial charge in [-0.2, -0.15) is 0 Å². The summed E-state index contributed by atoms with van der Waals surface area (Å²) in [6.07, 6.45) is -0.109. The Hall–Kier alpha value is -2.41. The van der Waals surface area contributed by atoms with Crippen molar-refractivity contribution in [3.63, 3.8) is 0 Å². The van der Waals surface area contributed by atoms with Gasteiger partial charge in [0, 0.05) is 17.7 Å². The molecule has 0 fully saturated rings. The number of thioether (sulfide) groups is 1. The molecule has 0 heterocycles. The predicted molar refractivity (Wildman–Crippen MR) is 89.9 cm³/mol. The molecule has 0 amide bonds. The lowest BCUT2D eigenvalue weighted by atomic mass is 10.0. The SMILES string of the molecule is O=C(CCSc1c(F)c(F)c(F)c(F)c1F)c1ccc2ccccc2c1. The normalized spacial score (nSPS) is 11.1. The molecule has 0 saturated heterocycles. The smallest absolute Gasteiger partial charge is 0.200 e. The number of carbonyl (C=O) groups is 1. The lowest BCUT2D eigenvalue weighted by Crippen LogP contribution is -2.05. The molecule has 26 heavy (non-hydrogen) atoms. The van der Waals surface area contributed by atoms with E-state index in [1.165, 1.54) is 0 Å². The van der Waals surface area contributed by atoms with Gasteiger partial charge >= 0.3 is 0 Å². The summed E-state index contributed by atoms with van der Waals surface area (Å²) < 4.78 is 66.5. The Morgan fingerprint density at radius 3 is 2.00 bits per heavy atom. The monoisotopic (exact) mass is 382 g/mol. The minimum absolute atomic E-state index is 0.109. The van der Waals surface area contributed by atoms with Gasteiger partial charge in [0.25, 0.3) is 0 Å². The topological polar surface area (TPSA) is 17.1 Å². The molecule has 0 saturated carbocycles. The number of fused-ring (bicyclic) bond motifs is 1. The van der Waals surface area contributed by atoms with E-state index in [2.05, 4.69) is 0 Å². The molecule has 1 nitrogen and oxygen atoms in total. The van der Waals surface area contributed by atoms with Crippen molar-refractivity contribution in [2.24, 2.45) is 0 Å². The third-order valence-corrected chi connectivity index (χ3v) is 4.87. The number of carbonyl (C=O) groups excluding carboxylic acids is 1. The number of ketones is 1. The standard InChI is InChI=1S/C19H11F5OS/c20-14-15(21)17(23)19(18(24)16(14)22)26-8-7-13(25)12-6-5-10-3-1-2-4-11(10)9-12/h1-6,9H,7-8H2. The summed E-state index contributed by atoms with van der Waals surface area (Å²) in [6, 6.07) is 12.5. The number of hydrogen-bond acceptors (Lipinski definition) is 2. The van der Waals surface area contributed by atoms with Crippen LogP contribution < -0.4 is 0 Å². The van der Waals surface area contributed by atoms with Crippen molar-refractivity contribution in [2.75, 3.05) is 5.75 Å². The molecule has 0 unspecified atom stereocenters. The first-order chi connectivity index (χ1) is 12.4. The molecular formula is C19H11F5OS. The zero-order valence-electron chi connectivity index (χ0n) is 13.2. The summed E-state index contributed by atoms with van der Waals surface area (Å²) in [5, 5.41) is 1.82. The van der Waals surface area contributed by atoms with Crippen LogP contribution >= 0.6 is 11.8 Å². The largest absolute Gasteiger partial charge is 0.294 e. The Labute approximate surface area is 149 Å². The highest BCUT2D eigenvalue weighted by Gasteiger charge is 2.26. The minimum Gasteiger partial charge on any atom is -0.294 e. The van der Waals surface area contributed by atoms with Gasteiger partial charge in [0.2, 0.25) is 5.82 Å². The molecule has 3 rings (SSSR count). The molecule has 0 atom stereocenters. The zero-order chi connectivity index (χ0) is 18.8. The number of halogens is 5. The van der Waals surface area contributed by atoms with Crippen molar-refractivity contribution in [1.82, 2.24) is 0 Å². The second-order valence-electron chi connectivity index (χ2n) is 5.48. The van der Waals surface area contributed by atoms with Gasteiger partial charge in [0.05, 0.1) is 4.90 Å². The highest BCUT2D eigenvalue weighted by atomic mass is 32.2. The van der Waals surface area contributed by atoms with Crippen molar-refractivity contribution in [1.29, 1.82) is 0 Å². The van der Waals surface area contributed by atoms with Gasteiger partial charge in [0.1, 0.15) is 0 Å². The van der Waals surface area contributed by atoms with Gasteiger partial charge in [-0.3, -0.25) is 4.79 Å². The third-order valence-electron chi connectivity index (χ3n) is 3.82. The lowest BCUT2D eigenvalue weighted by molar-refractivity contribution is 0.0989. The van der Waals surface area contributed by atoms with E-state index in [0.717, 1.165) is 10.8 Å². The Kier molecular flexibility index (Phi) is 5.27. The fraction of sp³-hybridized carbons (Fsp3) is 0.105. The van der Waals surface area contributed by atoms with Crippen LogP contribution in [-0.4, -0.2) is 11.5 Å². The molecule has 7 heteroatoms. The van der Waals surface area contributed by atoms with Gasteiger partial charge in [0.15, 0.2) is 29.1 Å². The number of hydrogen-bond donors (Lipinski definition) is 0. The van der Waals surface area contributed by atoms with Crippen LogP contribution in [0.15, 0.2) is 47.4 Å². The van der Waals surface area contributed by atoms with E-state index < -0.39 is 34.0 Å². The zero-order valence-corrected chi connectivity index (χ0v) is 14.0. The predicted octanol–water partition coefficient (Wildman–Crippen LogP) is 5.90. The summed E-state index contributed by atoms with van der Waals surface area (Å²) in [5.74, 6) is -10.4. The maximum Gasteiger partial charge on any atom is 0.200 e. The second-order valence-corrected chi connectivity index (χ2v) is 6.59. The first kappa shape index (κ1) is 18.4. The van der Waals surface area contributed by atoms with E-state index in [-0.39, 0.29) is 18.0 Å². The number of Topliss-reactive ketones (excluding diaryl/α,β-unsaturated/α-hetero) is 1. The fourth-order valence-electron chi connectivity index (χ4n) is 2.46. The van der Waals surface area contributed by atoms with E-state index in [1.54, 1.807) is 18.2 Å². The van der Waals surface area contributed by atoms with Crippen molar-refractivity contribution >= 4 is 28.3 Å². The molecular weight excluding hydrogens is 371 g/mol. The van der Waals surface area contributed by atoms with Crippen molar-refractivity contribution in [3.8, 4) is 0 Å². The molecule has 134 valence electrons. The van der Waals surface area contributed by atoms with Crippen LogP contribution in [0.3, 0.4) is 0 Å². The first-order valence-electron chi connectivity index (χ1n) is 7.56. The molecule has 3 aromatic rings. The van der Waals surface area contributed by atoms with Crippen molar-refractivity contribution in [2.45, 2.75) is 11.3 Å². The molecule has 0 aromatic heterocycles. The summed E-state index contributed by atoms with van der Waals surface area (Å²) in [5.41, 5.74) is 0.418. The summed E-state index contributed by atoms with van der Waals surface area (Å²) in [7, 11) is 0. The second kappa shape index (κ2) is 7.45. The molecule has 0 aliphatic carbocycles. The van der Waals surface area contributed by atoms with Crippen LogP contribution in [0.25, 0.3) is 10.8 Å². The summed E-state index contributed by atoms with van der Waals surface area (Å²) in [6.45, 7) is 0. The minimum atomic E-state index is -2.20. The van der Waals surface area contributed by atoms with Gasteiger partial charge < -0.3 is 0 Å². The van der Waals surface area contributed by atoms with Crippen LogP contribution in [0.4, 0.5) is 22.0 Å². The van der Waals surface area contributed by atoms with Crippen LogP contribution in [0.2, 0.25) is 0 Å². The molecule has 0 N–H and O–H groups in total. The van der Waals surface area contributed by atoms with Crippen LogP contribution in [0, 0.1) is 29.1 Å². The average molecular weight is 382 g/mol. The molecule has 0 radical (unpaired) electrons. The van der Waals surface area contributed by atoms with Gasteiger partial charge in [-0.15, -0.1) is 11.8 Å². The molecule has 3 aromatic carbocycles. The summed E-state index contributed by atoms with van der Waals surface area (Å²) in [4.78, 5) is 11.2. The summed E-state index contributed by atoms with van der Waals surface area (Å²) >= 11 is 0.420. The number of benzene rings is 3. The molecule has 0 spiro atoms. The van der Waals surface area contributed by atoms with E-state index in [1.807, 2.05) is 24.3 Å². The van der Waals surface area contributed by atoms with Gasteiger partial charge in [-0.05, 0) is 16.8 Å². The van der Waals surface area contributed by atoms with Crippen LogP contribution in [0.5, 0.6) is 0 Å². The van der Waals surface area contributed by atoms with E-state index in [0.29, 0.717) is 17.3 Å². The molecule has 0 aliphatic rings. The van der Waals surface area contributed by atoms with Crippen molar-refractivity contribution < 1.29 is 26.7 Å². The van der Waals surface area contributed by atoms with E-state index in [9.17, 15) is 26.7 Å². The highest BCUT2D eigenvalue weighted by molar-refractivity contribution is 7.99. The number of rotatable bonds is 5. The average Bonchev–Trinajstić information content (AvgIpc) is 2.67. The van der Waals surface area contributed by atoms with E-state index in [4.69, 9.17) is 0 Å². The molecule has 0 aliphatic heterocycles. The highest BCUT2D eigenvalue weighted by Crippen LogP contribution is 2.31. The molecule has 0 bridgehead atoms. The quantitative estimate of drug-likeness (QED) is 0.180. The van der Waals surface area contributed by atoms with Crippen molar-refractivity contribution in [3.05, 3.63) is 77.1 Å². The van der Waals surface area contributed by atoms with E-state index >= 15 is 0 Å². The third kappa shape index (κ3) is 3.44. The maximum atomic E-state index is 13.6. The Balaban J connectivity index is 1.72. The Morgan fingerprint density at radius 1 is 0.769 bits per heavy atom. The maximum absolute atomic E-state index is 13.6. The van der Waals surface area contributed by atoms with Crippen LogP contribution in [-0.2, 0) is 0 Å².